The fourth-order valence-electron chi connectivity index (χ4n) is 3.19. The van der Waals surface area contributed by atoms with Crippen LogP contribution >= 0.6 is 11.8 Å². The molecule has 10 nitrogen and oxygen atoms in total. The summed E-state index contributed by atoms with van der Waals surface area (Å²) in [7, 11) is 2.32. The Balaban J connectivity index is 2.19. The molecule has 0 fully saturated rings. The summed E-state index contributed by atoms with van der Waals surface area (Å²) in [5.74, 6) is -2.99. The van der Waals surface area contributed by atoms with Crippen molar-refractivity contribution in [2.24, 2.45) is 0 Å². The molecule has 0 unspecified atom stereocenters. The van der Waals surface area contributed by atoms with Gasteiger partial charge in [0.05, 0.1) is 49.5 Å². The molecule has 0 saturated heterocycles. The zero-order valence-corrected chi connectivity index (χ0v) is 16.5. The molecule has 2 atom stereocenters. The predicted octanol–water partition coefficient (Wildman–Crippen LogP) is 1.18. The zero-order chi connectivity index (χ0) is 20.6. The number of hydrogen-bond donors (Lipinski definition) is 0. The van der Waals surface area contributed by atoms with E-state index < -0.39 is 34.5 Å². The van der Waals surface area contributed by atoms with Gasteiger partial charge in [0.1, 0.15) is 10.9 Å². The fourth-order valence-corrected chi connectivity index (χ4v) is 4.79. The minimum absolute atomic E-state index is 0.0873. The molecule has 28 heavy (non-hydrogen) atoms. The van der Waals surface area contributed by atoms with E-state index in [2.05, 4.69) is 5.10 Å². The summed E-state index contributed by atoms with van der Waals surface area (Å²) in [6, 6.07) is 0. The molecule has 3 rings (SSSR count). The first-order valence-corrected chi connectivity index (χ1v) is 9.38. The van der Waals surface area contributed by atoms with Crippen molar-refractivity contribution in [3.8, 4) is 0 Å². The van der Waals surface area contributed by atoms with Crippen molar-refractivity contribution in [1.29, 1.82) is 0 Å². The van der Waals surface area contributed by atoms with Gasteiger partial charge in [-0.05, 0) is 13.8 Å². The van der Waals surface area contributed by atoms with Crippen LogP contribution < -0.4 is 0 Å². The Kier molecular flexibility index (Phi) is 5.45. The molecule has 0 aromatic carbocycles. The number of methoxy groups -OCH3 is 2. The van der Waals surface area contributed by atoms with E-state index in [0.29, 0.717) is 5.69 Å². The highest BCUT2D eigenvalue weighted by Gasteiger charge is 2.54. The molecule has 0 N–H and O–H groups in total. The summed E-state index contributed by atoms with van der Waals surface area (Å²) in [5.41, 5.74) is 0.132. The van der Waals surface area contributed by atoms with E-state index in [1.54, 1.807) is 13.8 Å². The van der Waals surface area contributed by atoms with E-state index >= 15 is 0 Å². The van der Waals surface area contributed by atoms with E-state index in [9.17, 15) is 19.2 Å². The number of nitrogens with zero attached hydrogens (tertiary/aromatic N) is 2. The lowest BCUT2D eigenvalue weighted by Gasteiger charge is -2.18. The molecule has 2 aliphatic heterocycles. The van der Waals surface area contributed by atoms with Gasteiger partial charge in [-0.3, -0.25) is 0 Å². The van der Waals surface area contributed by atoms with Crippen LogP contribution in [-0.2, 0) is 28.5 Å². The Hall–Kier alpha value is -2.82. The van der Waals surface area contributed by atoms with Crippen molar-refractivity contribution in [2.75, 3.05) is 27.4 Å². The Morgan fingerprint density at radius 2 is 1.50 bits per heavy atom. The SMILES string of the molecule is CCOC(=O)C1=C(C(=O)OCC)[C@@H]2S[C@H]1c1c(C(=O)OC)c(C(=O)OC)nn12. The Labute approximate surface area is 164 Å². The molecule has 0 aliphatic carbocycles. The van der Waals surface area contributed by atoms with E-state index in [-0.39, 0.29) is 35.6 Å². The molecule has 0 radical (unpaired) electrons. The van der Waals surface area contributed by atoms with Gasteiger partial charge in [0, 0.05) is 0 Å². The third kappa shape index (κ3) is 2.86. The molecule has 150 valence electrons. The van der Waals surface area contributed by atoms with Crippen molar-refractivity contribution < 1.29 is 38.1 Å². The molecule has 0 spiro atoms. The smallest absolute Gasteiger partial charge is 0.359 e. The second kappa shape index (κ2) is 7.66. The van der Waals surface area contributed by atoms with Crippen molar-refractivity contribution in [3.63, 3.8) is 0 Å². The Morgan fingerprint density at radius 3 is 2.04 bits per heavy atom. The molecular formula is C17H18N2O8S. The minimum Gasteiger partial charge on any atom is -0.465 e. The van der Waals surface area contributed by atoms with Crippen LogP contribution in [0.5, 0.6) is 0 Å². The number of thioether (sulfide) groups is 1. The van der Waals surface area contributed by atoms with Crippen molar-refractivity contribution in [1.82, 2.24) is 9.78 Å². The molecular weight excluding hydrogens is 392 g/mol. The number of rotatable bonds is 6. The highest BCUT2D eigenvalue weighted by Crippen LogP contribution is 2.61. The van der Waals surface area contributed by atoms with E-state index in [1.807, 2.05) is 0 Å². The standard InChI is InChI=1S/C17H18N2O8S/c1-5-26-15(21)7-8(16(22)27-6-2)13-19-11(12(7)28-13)9(14(20)24-3)10(18-19)17(23)25-4/h12-13H,5-6H2,1-4H3/t12-,13+/m1/s1. The van der Waals surface area contributed by atoms with Gasteiger partial charge >= 0.3 is 23.9 Å². The molecule has 3 heterocycles. The second-order valence-electron chi connectivity index (χ2n) is 5.67. The highest BCUT2D eigenvalue weighted by molar-refractivity contribution is 8.00. The summed E-state index contributed by atoms with van der Waals surface area (Å²) >= 11 is 1.23. The summed E-state index contributed by atoms with van der Waals surface area (Å²) < 4.78 is 21.0. The molecule has 1 aromatic heterocycles. The average molecular weight is 410 g/mol. The first-order chi connectivity index (χ1) is 13.4. The number of esters is 4. The molecule has 11 heteroatoms. The first kappa shape index (κ1) is 19.9. The summed E-state index contributed by atoms with van der Waals surface area (Å²) in [4.78, 5) is 49.6. The van der Waals surface area contributed by atoms with Crippen LogP contribution in [0.15, 0.2) is 11.1 Å². The Morgan fingerprint density at radius 1 is 0.929 bits per heavy atom. The molecule has 2 bridgehead atoms. The molecule has 1 aromatic rings. The third-order valence-electron chi connectivity index (χ3n) is 4.24. The maximum Gasteiger partial charge on any atom is 0.359 e. The summed E-state index contributed by atoms with van der Waals surface area (Å²) in [6.07, 6.45) is 0. The van der Waals surface area contributed by atoms with E-state index in [0.717, 1.165) is 7.11 Å². The molecule has 0 saturated carbocycles. The maximum atomic E-state index is 12.6. The lowest BCUT2D eigenvalue weighted by Crippen LogP contribution is -2.25. The van der Waals surface area contributed by atoms with Crippen molar-refractivity contribution >= 4 is 35.6 Å². The normalized spacial score (nSPS) is 19.3. The van der Waals surface area contributed by atoms with Crippen LogP contribution in [0.2, 0.25) is 0 Å². The van der Waals surface area contributed by atoms with Gasteiger partial charge in [-0.1, -0.05) is 0 Å². The minimum atomic E-state index is -0.831. The topological polar surface area (TPSA) is 123 Å². The lowest BCUT2D eigenvalue weighted by atomic mass is 9.96. The first-order valence-electron chi connectivity index (χ1n) is 8.43. The monoisotopic (exact) mass is 410 g/mol. The predicted molar refractivity (Wildman–Crippen MR) is 94.6 cm³/mol. The average Bonchev–Trinajstić information content (AvgIpc) is 3.35. The summed E-state index contributed by atoms with van der Waals surface area (Å²) in [6.45, 7) is 3.51. The van der Waals surface area contributed by atoms with Crippen LogP contribution in [-0.4, -0.2) is 61.1 Å². The fraction of sp³-hybridized carbons (Fsp3) is 0.471. The van der Waals surface area contributed by atoms with Gasteiger partial charge in [-0.15, -0.1) is 11.8 Å². The molecule has 2 aliphatic rings. The molecule has 0 amide bonds. The number of aromatic nitrogens is 2. The van der Waals surface area contributed by atoms with Gasteiger partial charge in [-0.25, -0.2) is 23.9 Å². The van der Waals surface area contributed by atoms with E-state index in [4.69, 9.17) is 18.9 Å². The van der Waals surface area contributed by atoms with Gasteiger partial charge in [0.25, 0.3) is 0 Å². The number of carbonyl (C=O) groups is 4. The highest BCUT2D eigenvalue weighted by atomic mass is 32.2. The van der Waals surface area contributed by atoms with Gasteiger partial charge < -0.3 is 18.9 Å². The van der Waals surface area contributed by atoms with E-state index in [1.165, 1.54) is 23.6 Å². The number of carbonyl (C=O) groups excluding carboxylic acids is 4. The van der Waals surface area contributed by atoms with Crippen LogP contribution in [0, 0.1) is 0 Å². The van der Waals surface area contributed by atoms with Crippen LogP contribution in [0.4, 0.5) is 0 Å². The lowest BCUT2D eigenvalue weighted by molar-refractivity contribution is -0.142. The number of hydrogen-bond acceptors (Lipinski definition) is 10. The largest absolute Gasteiger partial charge is 0.465 e. The summed E-state index contributed by atoms with van der Waals surface area (Å²) in [5, 5.41) is 2.70. The maximum absolute atomic E-state index is 12.6. The van der Waals surface area contributed by atoms with Crippen LogP contribution in [0.3, 0.4) is 0 Å². The van der Waals surface area contributed by atoms with Crippen LogP contribution in [0.1, 0.15) is 51.0 Å². The van der Waals surface area contributed by atoms with Crippen molar-refractivity contribution in [3.05, 3.63) is 28.1 Å². The van der Waals surface area contributed by atoms with Gasteiger partial charge in [0.15, 0.2) is 5.69 Å². The van der Waals surface area contributed by atoms with Gasteiger partial charge in [0.2, 0.25) is 0 Å². The number of ether oxygens (including phenoxy) is 4. The van der Waals surface area contributed by atoms with Crippen LogP contribution in [0.25, 0.3) is 0 Å². The van der Waals surface area contributed by atoms with Gasteiger partial charge in [-0.2, -0.15) is 5.10 Å². The second-order valence-corrected chi connectivity index (χ2v) is 6.86. The third-order valence-corrected chi connectivity index (χ3v) is 5.67. The quantitative estimate of drug-likeness (QED) is 0.499. The Bertz CT molecular complexity index is 903. The number of fused-ring (bicyclic) bond motifs is 5. The van der Waals surface area contributed by atoms with Crippen molar-refractivity contribution in [2.45, 2.75) is 24.5 Å². The zero-order valence-electron chi connectivity index (χ0n) is 15.6.